The molecule has 6 atom stereocenters. The molecule has 24 heavy (non-hydrogen) atoms. The minimum Gasteiger partial charge on any atom is -0.310 e. The maximum Gasteiger partial charge on any atom is 0.126 e. The molecule has 0 saturated carbocycles. The molecule has 3 aliphatic rings. The van der Waals surface area contributed by atoms with Crippen LogP contribution in [-0.2, 0) is 0 Å². The van der Waals surface area contributed by atoms with Crippen LogP contribution in [0.25, 0.3) is 0 Å². The minimum atomic E-state index is -0.807. The van der Waals surface area contributed by atoms with Gasteiger partial charge in [-0.05, 0) is 57.1 Å². The average molecular weight is 333 g/mol. The van der Waals surface area contributed by atoms with Gasteiger partial charge in [-0.15, -0.1) is 0 Å². The summed E-state index contributed by atoms with van der Waals surface area (Å²) in [6, 6.07) is 1.27. The first-order valence-electron chi connectivity index (χ1n) is 9.50. The molecular formula is C20H32FN3. The fourth-order valence-electron chi connectivity index (χ4n) is 4.72. The van der Waals surface area contributed by atoms with Crippen molar-refractivity contribution in [1.82, 2.24) is 10.2 Å². The predicted octanol–water partition coefficient (Wildman–Crippen LogP) is 3.72. The van der Waals surface area contributed by atoms with E-state index in [0.29, 0.717) is 30.3 Å². The lowest BCUT2D eigenvalue weighted by Gasteiger charge is -2.40. The van der Waals surface area contributed by atoms with Crippen molar-refractivity contribution in [2.24, 2.45) is 11.8 Å². The number of piperidine rings is 1. The molecule has 0 aromatic carbocycles. The lowest BCUT2D eigenvalue weighted by atomic mass is 9.87. The van der Waals surface area contributed by atoms with Crippen LogP contribution in [0.3, 0.4) is 0 Å². The van der Waals surface area contributed by atoms with E-state index in [0.717, 1.165) is 43.6 Å². The molecule has 0 radical (unpaired) electrons. The molecule has 2 N–H and O–H groups in total. The standard InChI is InChI=1S/C20H32FN3/c1-13(10-14(2)22)15(3)24-9-8-19-16(12-24)11-20(23-19)17-6-4-5-7-18(17)21/h4-6,13,15-16,18-20,22-23H,7-12H2,1-3H3. The Morgan fingerprint density at radius 3 is 2.96 bits per heavy atom. The summed E-state index contributed by atoms with van der Waals surface area (Å²) >= 11 is 0. The van der Waals surface area contributed by atoms with Gasteiger partial charge in [0, 0.05) is 36.8 Å². The Balaban J connectivity index is 1.59. The fraction of sp³-hybridized carbons (Fsp3) is 0.750. The Kier molecular flexibility index (Phi) is 5.56. The molecule has 0 aromatic rings. The van der Waals surface area contributed by atoms with Gasteiger partial charge in [0.15, 0.2) is 0 Å². The van der Waals surface area contributed by atoms with E-state index in [9.17, 15) is 4.39 Å². The van der Waals surface area contributed by atoms with Crippen molar-refractivity contribution in [3.05, 3.63) is 23.8 Å². The van der Waals surface area contributed by atoms with Gasteiger partial charge in [0.1, 0.15) is 6.17 Å². The monoisotopic (exact) mass is 333 g/mol. The second-order valence-corrected chi connectivity index (χ2v) is 8.11. The fourth-order valence-corrected chi connectivity index (χ4v) is 4.72. The van der Waals surface area contributed by atoms with Gasteiger partial charge in [0.2, 0.25) is 0 Å². The second kappa shape index (κ2) is 7.49. The first-order chi connectivity index (χ1) is 11.5. The van der Waals surface area contributed by atoms with Gasteiger partial charge in [0.05, 0.1) is 0 Å². The van der Waals surface area contributed by atoms with E-state index in [4.69, 9.17) is 5.41 Å². The van der Waals surface area contributed by atoms with Crippen molar-refractivity contribution in [3.8, 4) is 0 Å². The predicted molar refractivity (Wildman–Crippen MR) is 98.4 cm³/mol. The van der Waals surface area contributed by atoms with Crippen molar-refractivity contribution in [3.63, 3.8) is 0 Å². The number of fused-ring (bicyclic) bond motifs is 1. The molecule has 2 fully saturated rings. The van der Waals surface area contributed by atoms with Gasteiger partial charge in [-0.2, -0.15) is 0 Å². The quantitative estimate of drug-likeness (QED) is 0.753. The number of hydrogen-bond donors (Lipinski definition) is 2. The molecule has 3 nitrogen and oxygen atoms in total. The molecule has 0 amide bonds. The van der Waals surface area contributed by atoms with Crippen LogP contribution < -0.4 is 5.32 Å². The lowest BCUT2D eigenvalue weighted by molar-refractivity contribution is 0.0959. The zero-order valence-electron chi connectivity index (χ0n) is 15.3. The molecule has 2 heterocycles. The van der Waals surface area contributed by atoms with Gasteiger partial charge < -0.3 is 10.7 Å². The van der Waals surface area contributed by atoms with Crippen molar-refractivity contribution in [2.45, 2.75) is 70.8 Å². The largest absolute Gasteiger partial charge is 0.310 e. The van der Waals surface area contributed by atoms with Crippen LogP contribution in [0.1, 0.15) is 46.5 Å². The lowest BCUT2D eigenvalue weighted by Crippen LogP contribution is -2.50. The Hall–Kier alpha value is -1.00. The molecule has 3 rings (SSSR count). The van der Waals surface area contributed by atoms with Crippen LogP contribution in [0.2, 0.25) is 0 Å². The Morgan fingerprint density at radius 1 is 1.46 bits per heavy atom. The molecule has 2 saturated heterocycles. The number of alkyl halides is 1. The highest BCUT2D eigenvalue weighted by Gasteiger charge is 2.41. The van der Waals surface area contributed by atoms with Crippen LogP contribution in [0.4, 0.5) is 4.39 Å². The summed E-state index contributed by atoms with van der Waals surface area (Å²) in [5.74, 6) is 1.14. The van der Waals surface area contributed by atoms with Crippen molar-refractivity contribution >= 4 is 5.71 Å². The summed E-state index contributed by atoms with van der Waals surface area (Å²) in [7, 11) is 0. The Morgan fingerprint density at radius 2 is 2.25 bits per heavy atom. The van der Waals surface area contributed by atoms with Crippen LogP contribution >= 0.6 is 0 Å². The third-order valence-corrected chi connectivity index (χ3v) is 6.28. The molecule has 1 aliphatic carbocycles. The van der Waals surface area contributed by atoms with Crippen molar-refractivity contribution < 1.29 is 4.39 Å². The maximum absolute atomic E-state index is 14.2. The average Bonchev–Trinajstić information content (AvgIpc) is 2.96. The third kappa shape index (κ3) is 3.80. The molecule has 6 unspecified atom stereocenters. The van der Waals surface area contributed by atoms with Crippen LogP contribution in [0.5, 0.6) is 0 Å². The van der Waals surface area contributed by atoms with E-state index in [1.165, 1.54) is 0 Å². The maximum atomic E-state index is 14.2. The van der Waals surface area contributed by atoms with Crippen molar-refractivity contribution in [2.75, 3.05) is 13.1 Å². The van der Waals surface area contributed by atoms with E-state index >= 15 is 0 Å². The summed E-state index contributed by atoms with van der Waals surface area (Å²) < 4.78 is 14.2. The Labute approximate surface area is 145 Å². The normalized spacial score (nSPS) is 36.1. The number of likely N-dealkylation sites (tertiary alicyclic amines) is 1. The van der Waals surface area contributed by atoms with E-state index < -0.39 is 6.17 Å². The first-order valence-corrected chi connectivity index (χ1v) is 9.50. The molecule has 0 bridgehead atoms. The molecule has 134 valence electrons. The molecule has 0 aromatic heterocycles. The van der Waals surface area contributed by atoms with Gasteiger partial charge in [-0.3, -0.25) is 4.90 Å². The highest BCUT2D eigenvalue weighted by molar-refractivity contribution is 5.78. The number of allylic oxidation sites excluding steroid dienone is 3. The van der Waals surface area contributed by atoms with Crippen LogP contribution in [-0.4, -0.2) is 48.0 Å². The number of hydrogen-bond acceptors (Lipinski definition) is 3. The molecule has 2 aliphatic heterocycles. The minimum absolute atomic E-state index is 0.219. The zero-order valence-corrected chi connectivity index (χ0v) is 15.3. The molecule has 0 spiro atoms. The number of nitrogens with one attached hydrogen (secondary N) is 2. The van der Waals surface area contributed by atoms with Gasteiger partial charge >= 0.3 is 0 Å². The van der Waals surface area contributed by atoms with Crippen molar-refractivity contribution in [1.29, 1.82) is 5.41 Å². The Bertz CT molecular complexity index is 527. The second-order valence-electron chi connectivity index (χ2n) is 8.11. The van der Waals surface area contributed by atoms with E-state index in [1.54, 1.807) is 0 Å². The van der Waals surface area contributed by atoms with Gasteiger partial charge in [-0.1, -0.05) is 25.2 Å². The number of rotatable bonds is 5. The van der Waals surface area contributed by atoms with Crippen LogP contribution in [0.15, 0.2) is 23.8 Å². The summed E-state index contributed by atoms with van der Waals surface area (Å²) in [6.07, 6.45) is 8.74. The SMILES string of the molecule is CC(=N)CC(C)C(C)N1CCC2NC(C3=CC=CCC3F)CC2C1. The van der Waals surface area contributed by atoms with E-state index in [2.05, 4.69) is 24.1 Å². The highest BCUT2D eigenvalue weighted by atomic mass is 19.1. The van der Waals surface area contributed by atoms with Crippen LogP contribution in [0, 0.1) is 17.2 Å². The topological polar surface area (TPSA) is 39.1 Å². The van der Waals surface area contributed by atoms with E-state index in [1.807, 2.05) is 25.2 Å². The summed E-state index contributed by atoms with van der Waals surface area (Å²) in [6.45, 7) is 8.69. The van der Waals surface area contributed by atoms with Gasteiger partial charge in [0.25, 0.3) is 0 Å². The molecular weight excluding hydrogens is 301 g/mol. The van der Waals surface area contributed by atoms with E-state index in [-0.39, 0.29) is 6.04 Å². The first kappa shape index (κ1) is 17.8. The highest BCUT2D eigenvalue weighted by Crippen LogP contribution is 2.35. The number of halogens is 1. The summed E-state index contributed by atoms with van der Waals surface area (Å²) in [4.78, 5) is 2.60. The zero-order chi connectivity index (χ0) is 17.3. The number of nitrogens with zero attached hydrogens (tertiary/aromatic N) is 1. The summed E-state index contributed by atoms with van der Waals surface area (Å²) in [5.41, 5.74) is 1.73. The van der Waals surface area contributed by atoms with Gasteiger partial charge in [-0.25, -0.2) is 4.39 Å². The molecule has 4 heteroatoms. The third-order valence-electron chi connectivity index (χ3n) is 6.28. The smallest absolute Gasteiger partial charge is 0.126 e. The summed E-state index contributed by atoms with van der Waals surface area (Å²) in [5, 5.41) is 11.4.